The number of aliphatic hydroxyl groups is 1. The first-order chi connectivity index (χ1) is 19.8. The standard InChI is InChI=1S/C31H34N4O5S/c1-19(35-25-10-4-6-12-28(25)41-29-13-7-5-11-27(29)40-35)30(38)34-24(31(39)33-18-23(36)17-32)15-22-14-20-8-2-3-9-21(20)16-26(22)37/h2-4,6-10,12-14,16,19,23-24,36-37H,5,11,15,17-18,32H2,1H3,(H,33,39)(H,34,38)/t19?,23?,24-/m1/s1. The highest BCUT2D eigenvalue weighted by Crippen LogP contribution is 2.30. The Morgan fingerprint density at radius 2 is 1.83 bits per heavy atom. The highest BCUT2D eigenvalue weighted by atomic mass is 32.1. The largest absolute Gasteiger partial charge is 0.508 e. The van der Waals surface area contributed by atoms with Gasteiger partial charge in [-0.3, -0.25) is 9.59 Å². The second kappa shape index (κ2) is 12.6. The van der Waals surface area contributed by atoms with Crippen LogP contribution in [-0.4, -0.2) is 52.0 Å². The number of carbonyl (C=O) groups excluding carboxylic acids is 2. The summed E-state index contributed by atoms with van der Waals surface area (Å²) in [5.41, 5.74) is 6.76. The number of phenolic OH excluding ortho intramolecular Hbond substituents is 1. The van der Waals surface area contributed by atoms with Crippen LogP contribution in [0.1, 0.15) is 35.6 Å². The average molecular weight is 575 g/mol. The van der Waals surface area contributed by atoms with Gasteiger partial charge in [0.1, 0.15) is 23.6 Å². The molecule has 0 aliphatic heterocycles. The molecular weight excluding hydrogens is 540 g/mol. The van der Waals surface area contributed by atoms with E-state index < -0.39 is 30.0 Å². The van der Waals surface area contributed by atoms with Gasteiger partial charge in [-0.25, -0.2) is 0 Å². The molecule has 6 N–H and O–H groups in total. The number of aryl methyl sites for hydroxylation is 1. The molecule has 1 aliphatic rings. The molecule has 1 aliphatic carbocycles. The number of hydrogen-bond donors (Lipinski definition) is 5. The van der Waals surface area contributed by atoms with E-state index in [2.05, 4.69) is 16.7 Å². The van der Waals surface area contributed by atoms with Crippen molar-refractivity contribution in [3.8, 4) is 5.75 Å². The van der Waals surface area contributed by atoms with Crippen molar-refractivity contribution in [3.05, 3.63) is 82.9 Å². The highest BCUT2D eigenvalue weighted by molar-refractivity contribution is 7.19. The molecule has 0 spiro atoms. The van der Waals surface area contributed by atoms with E-state index in [0.717, 1.165) is 38.0 Å². The van der Waals surface area contributed by atoms with Crippen molar-refractivity contribution >= 4 is 50.2 Å². The maximum Gasteiger partial charge on any atom is 0.246 e. The maximum absolute atomic E-state index is 13.7. The Labute approximate surface area is 241 Å². The summed E-state index contributed by atoms with van der Waals surface area (Å²) in [7, 11) is 0. The Morgan fingerprint density at radius 3 is 2.61 bits per heavy atom. The Kier molecular flexibility index (Phi) is 8.72. The van der Waals surface area contributed by atoms with Crippen molar-refractivity contribution in [2.24, 2.45) is 5.73 Å². The number of carbonyl (C=O) groups is 2. The molecule has 2 unspecified atom stereocenters. The number of nitrogens with one attached hydrogen (secondary N) is 2. The lowest BCUT2D eigenvalue weighted by Gasteiger charge is -2.23. The minimum atomic E-state index is -1.04. The summed E-state index contributed by atoms with van der Waals surface area (Å²) in [4.78, 5) is 28.0. The summed E-state index contributed by atoms with van der Waals surface area (Å²) < 4.78 is 8.89. The molecular formula is C31H34N4O5S. The number of aromatic nitrogens is 1. The Hall–Kier alpha value is -4.12. The zero-order chi connectivity index (χ0) is 28.9. The number of hydrogen-bond acceptors (Lipinski definition) is 7. The quantitative estimate of drug-likeness (QED) is 0.205. The summed E-state index contributed by atoms with van der Waals surface area (Å²) in [6.07, 6.45) is 4.82. The zero-order valence-corrected chi connectivity index (χ0v) is 23.6. The summed E-state index contributed by atoms with van der Waals surface area (Å²) >= 11 is 1.60. The second-order valence-electron chi connectivity index (χ2n) is 10.1. The van der Waals surface area contributed by atoms with Gasteiger partial charge in [0, 0.05) is 25.9 Å². The molecule has 0 bridgehead atoms. The average Bonchev–Trinajstić information content (AvgIpc) is 3.16. The van der Waals surface area contributed by atoms with E-state index >= 15 is 0 Å². The molecule has 1 heterocycles. The van der Waals surface area contributed by atoms with Crippen molar-refractivity contribution in [2.45, 2.75) is 44.4 Å². The van der Waals surface area contributed by atoms with E-state index in [0.29, 0.717) is 12.0 Å². The highest BCUT2D eigenvalue weighted by Gasteiger charge is 2.27. The number of benzene rings is 3. The van der Waals surface area contributed by atoms with Crippen LogP contribution in [0.4, 0.5) is 0 Å². The summed E-state index contributed by atoms with van der Waals surface area (Å²) in [6.45, 7) is 1.64. The van der Waals surface area contributed by atoms with E-state index in [-0.39, 0.29) is 25.3 Å². The number of fused-ring (bicyclic) bond motifs is 3. The first kappa shape index (κ1) is 28.4. The Bertz CT molecular complexity index is 1650. The summed E-state index contributed by atoms with van der Waals surface area (Å²) in [5, 5.41) is 27.9. The number of para-hydroxylation sites is 1. The lowest BCUT2D eigenvalue weighted by Crippen LogP contribution is -2.51. The summed E-state index contributed by atoms with van der Waals surface area (Å²) in [5.74, 6) is -0.113. The number of nitrogens with zero attached hydrogens (tertiary/aromatic N) is 1. The van der Waals surface area contributed by atoms with Gasteiger partial charge in [0.15, 0.2) is 0 Å². The number of allylic oxidation sites excluding steroid dienone is 1. The number of phenols is 1. The van der Waals surface area contributed by atoms with Gasteiger partial charge < -0.3 is 31.1 Å². The van der Waals surface area contributed by atoms with Gasteiger partial charge in [0.2, 0.25) is 11.8 Å². The number of rotatable bonds is 9. The van der Waals surface area contributed by atoms with Crippen molar-refractivity contribution < 1.29 is 24.3 Å². The molecule has 214 valence electrons. The zero-order valence-electron chi connectivity index (χ0n) is 22.7. The fraction of sp³-hybridized carbons (Fsp3) is 0.290. The van der Waals surface area contributed by atoms with E-state index in [9.17, 15) is 19.8 Å². The van der Waals surface area contributed by atoms with Crippen LogP contribution in [-0.2, 0) is 22.4 Å². The fourth-order valence-electron chi connectivity index (χ4n) is 4.79. The summed E-state index contributed by atoms with van der Waals surface area (Å²) in [6, 6.07) is 16.9. The number of nitrogens with two attached hydrogens (primary N) is 1. The van der Waals surface area contributed by atoms with Crippen LogP contribution < -0.4 is 16.4 Å². The van der Waals surface area contributed by atoms with E-state index in [1.165, 1.54) is 0 Å². The minimum absolute atomic E-state index is 0.0173. The van der Waals surface area contributed by atoms with Gasteiger partial charge in [-0.1, -0.05) is 42.5 Å². The molecule has 10 heteroatoms. The van der Waals surface area contributed by atoms with Crippen LogP contribution in [0.5, 0.6) is 5.75 Å². The van der Waals surface area contributed by atoms with Crippen LogP contribution in [0.15, 0.2) is 71.3 Å². The Morgan fingerprint density at radius 1 is 1.10 bits per heavy atom. The molecule has 4 aromatic rings. The smallest absolute Gasteiger partial charge is 0.246 e. The normalized spacial score (nSPS) is 14.7. The van der Waals surface area contributed by atoms with Crippen molar-refractivity contribution in [1.29, 1.82) is 0 Å². The van der Waals surface area contributed by atoms with Gasteiger partial charge in [0.05, 0.1) is 21.2 Å². The molecule has 3 aromatic carbocycles. The SMILES string of the molecule is CC(C(=O)N[C@H](Cc1cc2ccccc2cc1O)C(=O)NCC(O)CN)n1oc2c(sc3ccccc31)C=CCC2. The third kappa shape index (κ3) is 6.45. The molecule has 0 fully saturated rings. The third-order valence-corrected chi connectivity index (χ3v) is 8.28. The molecule has 5 rings (SSSR count). The number of amides is 2. The first-order valence-electron chi connectivity index (χ1n) is 13.6. The first-order valence-corrected chi connectivity index (χ1v) is 14.5. The molecule has 0 radical (unpaired) electrons. The molecule has 0 saturated heterocycles. The minimum Gasteiger partial charge on any atom is -0.508 e. The molecule has 3 atom stereocenters. The Balaban J connectivity index is 1.47. The van der Waals surface area contributed by atoms with Gasteiger partial charge >= 0.3 is 0 Å². The van der Waals surface area contributed by atoms with Crippen LogP contribution in [0, 0.1) is 0 Å². The lowest BCUT2D eigenvalue weighted by atomic mass is 9.99. The van der Waals surface area contributed by atoms with Crippen LogP contribution in [0.2, 0.25) is 0 Å². The lowest BCUT2D eigenvalue weighted by molar-refractivity contribution is -0.131. The van der Waals surface area contributed by atoms with E-state index in [1.54, 1.807) is 29.1 Å². The van der Waals surface area contributed by atoms with Crippen LogP contribution >= 0.6 is 11.3 Å². The van der Waals surface area contributed by atoms with Gasteiger partial charge in [0.25, 0.3) is 0 Å². The predicted molar refractivity (Wildman–Crippen MR) is 161 cm³/mol. The monoisotopic (exact) mass is 574 g/mol. The fourth-order valence-corrected chi connectivity index (χ4v) is 5.86. The van der Waals surface area contributed by atoms with Crippen molar-refractivity contribution in [3.63, 3.8) is 0 Å². The third-order valence-electron chi connectivity index (χ3n) is 7.13. The molecule has 0 saturated carbocycles. The van der Waals surface area contributed by atoms with E-state index in [1.807, 2.05) is 60.7 Å². The number of aliphatic hydroxyl groups excluding tert-OH is 1. The molecule has 9 nitrogen and oxygen atoms in total. The van der Waals surface area contributed by atoms with Gasteiger partial charge in [-0.05, 0) is 60.0 Å². The van der Waals surface area contributed by atoms with Crippen LogP contribution in [0.25, 0.3) is 27.1 Å². The molecule has 41 heavy (non-hydrogen) atoms. The molecule has 1 aromatic heterocycles. The van der Waals surface area contributed by atoms with Crippen LogP contribution in [0.3, 0.4) is 0 Å². The molecule has 2 amide bonds. The van der Waals surface area contributed by atoms with Gasteiger partial charge in [-0.15, -0.1) is 11.3 Å². The maximum atomic E-state index is 13.7. The van der Waals surface area contributed by atoms with E-state index in [4.69, 9.17) is 10.3 Å². The van der Waals surface area contributed by atoms with Gasteiger partial charge in [-0.2, -0.15) is 4.74 Å². The van der Waals surface area contributed by atoms with Crippen molar-refractivity contribution in [2.75, 3.05) is 13.1 Å². The number of aromatic hydroxyl groups is 1. The topological polar surface area (TPSA) is 143 Å². The van der Waals surface area contributed by atoms with Crippen molar-refractivity contribution in [1.82, 2.24) is 15.4 Å². The second-order valence-corrected chi connectivity index (χ2v) is 11.2. The predicted octanol–water partition coefficient (Wildman–Crippen LogP) is 3.96.